The molecule has 0 aliphatic carbocycles. The van der Waals surface area contributed by atoms with Crippen molar-refractivity contribution in [1.82, 2.24) is 0 Å². The number of methoxy groups -OCH3 is 1. The van der Waals surface area contributed by atoms with Gasteiger partial charge in [-0.2, -0.15) is 11.3 Å². The number of carboxylic acid groups (broad SMARTS) is 1. The van der Waals surface area contributed by atoms with E-state index >= 15 is 0 Å². The SMILES string of the molecule is COCOc1ccc(C)cc1CC(=CC(=O)O)c1ccsc1. The van der Waals surface area contributed by atoms with E-state index in [-0.39, 0.29) is 6.79 Å². The molecule has 2 rings (SSSR count). The number of carboxylic acids is 1. The van der Waals surface area contributed by atoms with Crippen LogP contribution in [0.1, 0.15) is 16.7 Å². The first-order valence-corrected chi connectivity index (χ1v) is 7.71. The smallest absolute Gasteiger partial charge is 0.328 e. The molecule has 0 atom stereocenters. The summed E-state index contributed by atoms with van der Waals surface area (Å²) in [5, 5.41) is 13.0. The number of aliphatic carboxylic acids is 1. The number of aryl methyl sites for hydroxylation is 1. The number of allylic oxidation sites excluding steroid dienone is 1. The molecule has 4 nitrogen and oxygen atoms in total. The molecule has 0 amide bonds. The Bertz CT molecular complexity index is 659. The number of carbonyl (C=O) groups is 1. The van der Waals surface area contributed by atoms with Gasteiger partial charge >= 0.3 is 5.97 Å². The highest BCUT2D eigenvalue weighted by molar-refractivity contribution is 7.08. The summed E-state index contributed by atoms with van der Waals surface area (Å²) < 4.78 is 10.5. The van der Waals surface area contributed by atoms with Gasteiger partial charge in [0.05, 0.1) is 0 Å². The lowest BCUT2D eigenvalue weighted by Crippen LogP contribution is -2.03. The molecule has 0 radical (unpaired) electrons. The van der Waals surface area contributed by atoms with E-state index < -0.39 is 5.97 Å². The second-order valence-electron chi connectivity index (χ2n) is 4.86. The Labute approximate surface area is 133 Å². The van der Waals surface area contributed by atoms with Crippen molar-refractivity contribution in [2.45, 2.75) is 13.3 Å². The van der Waals surface area contributed by atoms with Crippen LogP contribution < -0.4 is 4.74 Å². The predicted molar refractivity (Wildman–Crippen MR) is 87.3 cm³/mol. The number of rotatable bonds is 7. The normalized spacial score (nSPS) is 11.5. The third kappa shape index (κ3) is 4.44. The van der Waals surface area contributed by atoms with Crippen molar-refractivity contribution in [3.05, 3.63) is 57.8 Å². The summed E-state index contributed by atoms with van der Waals surface area (Å²) in [5.41, 5.74) is 3.71. The molecule has 1 N–H and O–H groups in total. The predicted octanol–water partition coefficient (Wildman–Crippen LogP) is 3.75. The van der Waals surface area contributed by atoms with Crippen molar-refractivity contribution < 1.29 is 19.4 Å². The van der Waals surface area contributed by atoms with Gasteiger partial charge in [-0.05, 0) is 46.5 Å². The summed E-state index contributed by atoms with van der Waals surface area (Å²) in [6.45, 7) is 2.15. The van der Waals surface area contributed by atoms with Crippen molar-refractivity contribution in [3.8, 4) is 5.75 Å². The van der Waals surface area contributed by atoms with E-state index in [1.807, 2.05) is 41.9 Å². The third-order valence-corrected chi connectivity index (χ3v) is 3.80. The Balaban J connectivity index is 2.33. The van der Waals surface area contributed by atoms with Crippen LogP contribution in [0.3, 0.4) is 0 Å². The minimum absolute atomic E-state index is 0.159. The van der Waals surface area contributed by atoms with Crippen molar-refractivity contribution in [3.63, 3.8) is 0 Å². The largest absolute Gasteiger partial charge is 0.478 e. The Hall–Kier alpha value is -2.11. The van der Waals surface area contributed by atoms with Crippen LogP contribution in [0.15, 0.2) is 41.1 Å². The zero-order chi connectivity index (χ0) is 15.9. The highest BCUT2D eigenvalue weighted by atomic mass is 32.1. The van der Waals surface area contributed by atoms with E-state index in [2.05, 4.69) is 0 Å². The number of hydrogen-bond donors (Lipinski definition) is 1. The van der Waals surface area contributed by atoms with Crippen LogP contribution in [0.2, 0.25) is 0 Å². The second-order valence-corrected chi connectivity index (χ2v) is 5.64. The molecule has 0 bridgehead atoms. The molecule has 0 saturated carbocycles. The first-order valence-electron chi connectivity index (χ1n) is 6.77. The molecular weight excluding hydrogens is 300 g/mol. The maximum atomic E-state index is 11.1. The number of hydrogen-bond acceptors (Lipinski definition) is 4. The first-order chi connectivity index (χ1) is 10.6. The van der Waals surface area contributed by atoms with E-state index in [0.29, 0.717) is 12.2 Å². The molecule has 0 aliphatic rings. The van der Waals surface area contributed by atoms with Gasteiger partial charge in [0, 0.05) is 19.6 Å². The molecule has 5 heteroatoms. The van der Waals surface area contributed by atoms with Crippen molar-refractivity contribution in [2.24, 2.45) is 0 Å². The quantitative estimate of drug-likeness (QED) is 0.624. The van der Waals surface area contributed by atoms with Gasteiger partial charge in [0.2, 0.25) is 0 Å². The molecule has 22 heavy (non-hydrogen) atoms. The van der Waals surface area contributed by atoms with Crippen LogP contribution in [0.5, 0.6) is 5.75 Å². The summed E-state index contributed by atoms with van der Waals surface area (Å²) in [6, 6.07) is 7.77. The fourth-order valence-electron chi connectivity index (χ4n) is 2.15. The first kappa shape index (κ1) is 16.3. The highest BCUT2D eigenvalue weighted by Crippen LogP contribution is 2.28. The molecule has 1 aromatic carbocycles. The summed E-state index contributed by atoms with van der Waals surface area (Å²) in [4.78, 5) is 11.1. The Morgan fingerprint density at radius 3 is 2.82 bits per heavy atom. The standard InChI is InChI=1S/C17H18O4S/c1-12-3-4-16(21-11-20-2)15(7-12)8-14(9-17(18)19)13-5-6-22-10-13/h3-7,9-10H,8,11H2,1-2H3,(H,18,19). The molecule has 0 fully saturated rings. The Morgan fingerprint density at radius 1 is 1.36 bits per heavy atom. The van der Waals surface area contributed by atoms with Crippen molar-refractivity contribution >= 4 is 22.9 Å². The minimum Gasteiger partial charge on any atom is -0.478 e. The fourth-order valence-corrected chi connectivity index (χ4v) is 2.83. The number of benzene rings is 1. The third-order valence-electron chi connectivity index (χ3n) is 3.12. The molecule has 1 heterocycles. The highest BCUT2D eigenvalue weighted by Gasteiger charge is 2.11. The maximum Gasteiger partial charge on any atom is 0.328 e. The zero-order valence-electron chi connectivity index (χ0n) is 12.5. The average molecular weight is 318 g/mol. The van der Waals surface area contributed by atoms with Gasteiger partial charge in [0.1, 0.15) is 5.75 Å². The van der Waals surface area contributed by atoms with Gasteiger partial charge < -0.3 is 14.6 Å². The van der Waals surface area contributed by atoms with Gasteiger partial charge in [0.15, 0.2) is 6.79 Å². The molecule has 0 spiro atoms. The molecule has 0 aliphatic heterocycles. The second kappa shape index (κ2) is 7.77. The van der Waals surface area contributed by atoms with Gasteiger partial charge in [-0.3, -0.25) is 0 Å². The topological polar surface area (TPSA) is 55.8 Å². The lowest BCUT2D eigenvalue weighted by molar-refractivity contribution is -0.131. The molecule has 0 saturated heterocycles. The van der Waals surface area contributed by atoms with Crippen LogP contribution in [-0.4, -0.2) is 25.0 Å². The number of thiophene rings is 1. The molecule has 1 aromatic heterocycles. The van der Waals surface area contributed by atoms with Crippen molar-refractivity contribution in [1.29, 1.82) is 0 Å². The van der Waals surface area contributed by atoms with Gasteiger partial charge in [-0.25, -0.2) is 4.79 Å². The average Bonchev–Trinajstić information content (AvgIpc) is 2.99. The molecule has 116 valence electrons. The van der Waals surface area contributed by atoms with Crippen LogP contribution in [0.4, 0.5) is 0 Å². The van der Waals surface area contributed by atoms with E-state index in [0.717, 1.165) is 22.3 Å². The van der Waals surface area contributed by atoms with E-state index in [9.17, 15) is 4.79 Å². The maximum absolute atomic E-state index is 11.1. The van der Waals surface area contributed by atoms with E-state index in [1.165, 1.54) is 6.08 Å². The van der Waals surface area contributed by atoms with E-state index in [4.69, 9.17) is 14.6 Å². The molecular formula is C17H18O4S. The van der Waals surface area contributed by atoms with Crippen LogP contribution in [0, 0.1) is 6.92 Å². The monoisotopic (exact) mass is 318 g/mol. The lowest BCUT2D eigenvalue weighted by atomic mass is 9.98. The fraction of sp³-hybridized carbons (Fsp3) is 0.235. The van der Waals surface area contributed by atoms with Gasteiger partial charge in [-0.1, -0.05) is 17.7 Å². The minimum atomic E-state index is -0.951. The zero-order valence-corrected chi connectivity index (χ0v) is 13.4. The summed E-state index contributed by atoms with van der Waals surface area (Å²) in [5.74, 6) is -0.243. The molecule has 0 unspecified atom stereocenters. The van der Waals surface area contributed by atoms with Crippen molar-refractivity contribution in [2.75, 3.05) is 13.9 Å². The van der Waals surface area contributed by atoms with E-state index in [1.54, 1.807) is 18.4 Å². The van der Waals surface area contributed by atoms with Crippen LogP contribution >= 0.6 is 11.3 Å². The lowest BCUT2D eigenvalue weighted by Gasteiger charge is -2.13. The summed E-state index contributed by atoms with van der Waals surface area (Å²) >= 11 is 1.54. The summed E-state index contributed by atoms with van der Waals surface area (Å²) in [6.07, 6.45) is 1.74. The molecule has 2 aromatic rings. The Morgan fingerprint density at radius 2 is 2.18 bits per heavy atom. The van der Waals surface area contributed by atoms with Gasteiger partial charge in [0.25, 0.3) is 0 Å². The van der Waals surface area contributed by atoms with Crippen LogP contribution in [0.25, 0.3) is 5.57 Å². The van der Waals surface area contributed by atoms with Crippen LogP contribution in [-0.2, 0) is 16.0 Å². The Kier molecular flexibility index (Phi) is 5.75. The van der Waals surface area contributed by atoms with Gasteiger partial charge in [-0.15, -0.1) is 0 Å². The summed E-state index contributed by atoms with van der Waals surface area (Å²) in [7, 11) is 1.56. The number of ether oxygens (including phenoxy) is 2.